The quantitative estimate of drug-likeness (QED) is 0.854. The Morgan fingerprint density at radius 3 is 2.58 bits per heavy atom. The lowest BCUT2D eigenvalue weighted by atomic mass is 9.96. The van der Waals surface area contributed by atoms with Crippen molar-refractivity contribution in [2.24, 2.45) is 5.92 Å². The number of carboxylic acids is 1. The molecule has 0 amide bonds. The average Bonchev–Trinajstić information content (AvgIpc) is 3.11. The molecule has 1 unspecified atom stereocenters. The van der Waals surface area contributed by atoms with Gasteiger partial charge in [0.25, 0.3) is 0 Å². The zero-order valence-electron chi connectivity index (χ0n) is 11.9. The highest BCUT2D eigenvalue weighted by atomic mass is 16.4. The van der Waals surface area contributed by atoms with E-state index in [0.717, 1.165) is 24.4 Å². The summed E-state index contributed by atoms with van der Waals surface area (Å²) in [6, 6.07) is 1.80. The van der Waals surface area contributed by atoms with Crippen molar-refractivity contribution in [3.05, 3.63) is 17.6 Å². The minimum Gasteiger partial charge on any atom is -0.480 e. The highest BCUT2D eigenvalue weighted by Crippen LogP contribution is 2.41. The number of aryl methyl sites for hydroxylation is 1. The number of aliphatic carboxylic acids is 1. The van der Waals surface area contributed by atoms with Crippen LogP contribution in [0.3, 0.4) is 0 Å². The second-order valence-corrected chi connectivity index (χ2v) is 5.81. The van der Waals surface area contributed by atoms with Crippen LogP contribution in [0, 0.1) is 12.8 Å². The normalized spacial score (nSPS) is 18.2. The highest BCUT2D eigenvalue weighted by Gasteiger charge is 2.47. The van der Waals surface area contributed by atoms with E-state index in [-0.39, 0.29) is 11.8 Å². The van der Waals surface area contributed by atoms with Gasteiger partial charge in [0.05, 0.1) is 0 Å². The number of hydrogen-bond acceptors (Lipinski definition) is 4. The van der Waals surface area contributed by atoms with Gasteiger partial charge in [-0.1, -0.05) is 13.8 Å². The summed E-state index contributed by atoms with van der Waals surface area (Å²) in [7, 11) is 0. The average molecular weight is 263 g/mol. The van der Waals surface area contributed by atoms with Gasteiger partial charge in [-0.15, -0.1) is 0 Å². The van der Waals surface area contributed by atoms with Crippen LogP contribution in [0.1, 0.15) is 51.0 Å². The van der Waals surface area contributed by atoms with Crippen molar-refractivity contribution < 1.29 is 9.90 Å². The van der Waals surface area contributed by atoms with Gasteiger partial charge in [0.15, 0.2) is 0 Å². The third kappa shape index (κ3) is 2.85. The molecule has 0 radical (unpaired) electrons. The number of carboxylic acid groups (broad SMARTS) is 1. The third-order valence-corrected chi connectivity index (χ3v) is 3.61. The molecule has 104 valence electrons. The van der Waals surface area contributed by atoms with Crippen LogP contribution in [-0.2, 0) is 4.79 Å². The van der Waals surface area contributed by atoms with Crippen LogP contribution in [0.25, 0.3) is 0 Å². The molecule has 1 aliphatic rings. The number of anilines is 1. The van der Waals surface area contributed by atoms with Crippen molar-refractivity contribution in [2.45, 2.75) is 52.0 Å². The van der Waals surface area contributed by atoms with Gasteiger partial charge in [-0.2, -0.15) is 0 Å². The summed E-state index contributed by atoms with van der Waals surface area (Å²) in [6.45, 7) is 7.68. The van der Waals surface area contributed by atoms with Crippen molar-refractivity contribution in [3.8, 4) is 0 Å². The van der Waals surface area contributed by atoms with Gasteiger partial charge in [0.2, 0.25) is 0 Å². The van der Waals surface area contributed by atoms with Gasteiger partial charge in [0.1, 0.15) is 17.2 Å². The third-order valence-electron chi connectivity index (χ3n) is 3.61. The molecule has 2 N–H and O–H groups in total. The van der Waals surface area contributed by atoms with Crippen molar-refractivity contribution in [3.63, 3.8) is 0 Å². The predicted molar refractivity (Wildman–Crippen MR) is 73.2 cm³/mol. The number of nitrogens with one attached hydrogen (secondary N) is 1. The molecule has 1 atom stereocenters. The topological polar surface area (TPSA) is 75.1 Å². The van der Waals surface area contributed by atoms with Crippen molar-refractivity contribution in [1.29, 1.82) is 0 Å². The fourth-order valence-corrected chi connectivity index (χ4v) is 2.17. The summed E-state index contributed by atoms with van der Waals surface area (Å²) in [5.74, 6) is 0.927. The Hall–Kier alpha value is -1.65. The van der Waals surface area contributed by atoms with E-state index >= 15 is 0 Å². The van der Waals surface area contributed by atoms with E-state index in [2.05, 4.69) is 15.3 Å². The van der Waals surface area contributed by atoms with Crippen LogP contribution in [0.2, 0.25) is 0 Å². The molecular formula is C14H21N3O2. The molecular weight excluding hydrogens is 242 g/mol. The van der Waals surface area contributed by atoms with Crippen LogP contribution in [0.4, 0.5) is 5.82 Å². The first kappa shape index (κ1) is 13.8. The lowest BCUT2D eigenvalue weighted by molar-refractivity contribution is -0.142. The second-order valence-electron chi connectivity index (χ2n) is 5.81. The van der Waals surface area contributed by atoms with Crippen molar-refractivity contribution in [1.82, 2.24) is 9.97 Å². The minimum absolute atomic E-state index is 0.183. The van der Waals surface area contributed by atoms with Gasteiger partial charge < -0.3 is 10.4 Å². The molecule has 5 nitrogen and oxygen atoms in total. The number of rotatable bonds is 5. The van der Waals surface area contributed by atoms with Gasteiger partial charge >= 0.3 is 5.97 Å². The van der Waals surface area contributed by atoms with Crippen LogP contribution in [0.15, 0.2) is 6.07 Å². The second kappa shape index (κ2) is 4.79. The number of aromatic nitrogens is 2. The van der Waals surface area contributed by atoms with Gasteiger partial charge in [-0.25, -0.2) is 14.8 Å². The molecule has 0 aliphatic heterocycles. The highest BCUT2D eigenvalue weighted by molar-refractivity contribution is 5.82. The van der Waals surface area contributed by atoms with E-state index in [1.165, 1.54) is 0 Å². The van der Waals surface area contributed by atoms with E-state index in [0.29, 0.717) is 5.82 Å². The smallest absolute Gasteiger partial charge is 0.329 e. The minimum atomic E-state index is -0.935. The fourth-order valence-electron chi connectivity index (χ4n) is 2.17. The van der Waals surface area contributed by atoms with Crippen LogP contribution < -0.4 is 5.32 Å². The van der Waals surface area contributed by atoms with Gasteiger partial charge in [-0.3, -0.25) is 0 Å². The first-order chi connectivity index (χ1) is 8.83. The fraction of sp³-hybridized carbons (Fsp3) is 0.643. The van der Waals surface area contributed by atoms with Gasteiger partial charge in [0, 0.05) is 17.7 Å². The maximum absolute atomic E-state index is 11.5. The summed E-state index contributed by atoms with van der Waals surface area (Å²) in [4.78, 5) is 20.3. The first-order valence-electron chi connectivity index (χ1n) is 6.70. The molecule has 0 bridgehead atoms. The molecule has 2 rings (SSSR count). The van der Waals surface area contributed by atoms with Crippen LogP contribution >= 0.6 is 0 Å². The molecule has 1 aromatic heterocycles. The van der Waals surface area contributed by atoms with Crippen molar-refractivity contribution in [2.75, 3.05) is 5.32 Å². The molecule has 0 aromatic carbocycles. The number of carbonyl (C=O) groups is 1. The molecule has 0 saturated heterocycles. The Bertz CT molecular complexity index is 497. The summed E-state index contributed by atoms with van der Waals surface area (Å²) in [6.07, 6.45) is 1.91. The molecule has 0 spiro atoms. The Kier molecular flexibility index (Phi) is 3.47. The Morgan fingerprint density at radius 1 is 1.47 bits per heavy atom. The van der Waals surface area contributed by atoms with Crippen LogP contribution in [-0.4, -0.2) is 26.6 Å². The van der Waals surface area contributed by atoms with E-state index < -0.39 is 11.5 Å². The monoisotopic (exact) mass is 263 g/mol. The van der Waals surface area contributed by atoms with E-state index in [1.807, 2.05) is 20.8 Å². The molecule has 1 saturated carbocycles. The standard InChI is InChI=1S/C14H21N3O2/c1-8(2)12-15-9(3)7-11(16-12)17-14(4,13(18)19)10-5-6-10/h7-8,10H,5-6H2,1-4H3,(H,18,19)(H,15,16,17). The summed E-state index contributed by atoms with van der Waals surface area (Å²) < 4.78 is 0. The molecule has 19 heavy (non-hydrogen) atoms. The zero-order valence-corrected chi connectivity index (χ0v) is 11.9. The Morgan fingerprint density at radius 2 is 2.11 bits per heavy atom. The molecule has 1 aliphatic carbocycles. The van der Waals surface area contributed by atoms with E-state index in [4.69, 9.17) is 0 Å². The molecule has 1 aromatic rings. The predicted octanol–water partition coefficient (Wildman–Crippen LogP) is 2.57. The largest absolute Gasteiger partial charge is 0.480 e. The maximum atomic E-state index is 11.5. The van der Waals surface area contributed by atoms with E-state index in [1.54, 1.807) is 13.0 Å². The summed E-state index contributed by atoms with van der Waals surface area (Å²) >= 11 is 0. The van der Waals surface area contributed by atoms with E-state index in [9.17, 15) is 9.90 Å². The lowest BCUT2D eigenvalue weighted by Gasteiger charge is -2.27. The first-order valence-corrected chi connectivity index (χ1v) is 6.70. The molecule has 1 fully saturated rings. The number of nitrogens with zero attached hydrogens (tertiary/aromatic N) is 2. The zero-order chi connectivity index (χ0) is 14.2. The lowest BCUT2D eigenvalue weighted by Crippen LogP contribution is -2.45. The summed E-state index contributed by atoms with van der Waals surface area (Å²) in [5, 5.41) is 12.5. The van der Waals surface area contributed by atoms with Crippen molar-refractivity contribution >= 4 is 11.8 Å². The maximum Gasteiger partial charge on any atom is 0.329 e. The SMILES string of the molecule is Cc1cc(NC(C)(C(=O)O)C2CC2)nc(C(C)C)n1. The summed E-state index contributed by atoms with van der Waals surface area (Å²) in [5.41, 5.74) is -0.0839. The molecule has 1 heterocycles. The molecule has 5 heteroatoms. The Labute approximate surface area is 113 Å². The Balaban J connectivity index is 2.29. The number of hydrogen-bond donors (Lipinski definition) is 2. The van der Waals surface area contributed by atoms with Crippen LogP contribution in [0.5, 0.6) is 0 Å². The van der Waals surface area contributed by atoms with Gasteiger partial charge in [-0.05, 0) is 32.6 Å².